The van der Waals surface area contributed by atoms with E-state index in [1.807, 2.05) is 27.7 Å². The summed E-state index contributed by atoms with van der Waals surface area (Å²) in [5.74, 6) is 1.57. The summed E-state index contributed by atoms with van der Waals surface area (Å²) in [5, 5.41) is 0. The summed E-state index contributed by atoms with van der Waals surface area (Å²) in [6.45, 7) is 7.30. The van der Waals surface area contributed by atoms with E-state index in [-0.39, 0.29) is 12.2 Å². The molecule has 1 unspecified atom stereocenters. The van der Waals surface area contributed by atoms with E-state index in [0.29, 0.717) is 5.92 Å². The predicted octanol–water partition coefficient (Wildman–Crippen LogP) is 3.53. The third-order valence-electron chi connectivity index (χ3n) is 4.56. The van der Waals surface area contributed by atoms with Gasteiger partial charge in [-0.25, -0.2) is 4.57 Å². The Balaban J connectivity index is 1.94. The first-order chi connectivity index (χ1) is 10.4. The van der Waals surface area contributed by atoms with Crippen LogP contribution in [0.15, 0.2) is 0 Å². The Labute approximate surface area is 140 Å². The highest BCUT2D eigenvalue weighted by Gasteiger charge is 2.39. The zero-order valence-corrected chi connectivity index (χ0v) is 16.3. The number of rotatable bonds is 7. The van der Waals surface area contributed by atoms with Crippen molar-refractivity contribution in [3.05, 3.63) is 0 Å². The molecule has 2 saturated heterocycles. The Morgan fingerprint density at radius 1 is 1.05 bits per heavy atom. The summed E-state index contributed by atoms with van der Waals surface area (Å²) < 4.78 is 24.3. The second kappa shape index (κ2) is 8.53. The van der Waals surface area contributed by atoms with Gasteiger partial charge in [0.15, 0.2) is 0 Å². The smallest absolute Gasteiger partial charge is 0.332 e. The fourth-order valence-corrected chi connectivity index (χ4v) is 8.26. The molecule has 2 aliphatic heterocycles. The molecule has 0 radical (unpaired) electrons. The maximum absolute atomic E-state index is 12.9. The topological polar surface area (TPSA) is 40.0 Å². The van der Waals surface area contributed by atoms with Crippen LogP contribution in [-0.2, 0) is 13.6 Å². The molecule has 130 valence electrons. The van der Waals surface area contributed by atoms with E-state index in [1.165, 1.54) is 56.6 Å². The monoisotopic (exact) mass is 350 g/mol. The van der Waals surface area contributed by atoms with Crippen molar-refractivity contribution in [2.45, 2.75) is 78.0 Å². The highest BCUT2D eigenvalue weighted by atomic mass is 32.7. The minimum atomic E-state index is -3.04. The summed E-state index contributed by atoms with van der Waals surface area (Å²) >= 11 is 1.44. The first-order valence-electron chi connectivity index (χ1n) is 8.85. The van der Waals surface area contributed by atoms with Crippen LogP contribution >= 0.6 is 18.2 Å². The molecule has 2 rings (SSSR count). The van der Waals surface area contributed by atoms with Crippen molar-refractivity contribution >= 4 is 18.2 Å². The summed E-state index contributed by atoms with van der Waals surface area (Å²) in [7, 11) is 0. The normalized spacial score (nSPS) is 29.8. The number of hydrogen-bond acceptors (Lipinski definition) is 4. The molecule has 0 aliphatic carbocycles. The molecule has 6 heteroatoms. The molecule has 0 aromatic rings. The number of nitrogens with one attached hydrogen (secondary N) is 1. The lowest BCUT2D eigenvalue weighted by Crippen LogP contribution is -3.18. The highest BCUT2D eigenvalue weighted by molar-refractivity contribution is 8.55. The summed E-state index contributed by atoms with van der Waals surface area (Å²) in [6, 6.07) is 0.765. The van der Waals surface area contributed by atoms with Crippen molar-refractivity contribution in [1.29, 1.82) is 0 Å². The van der Waals surface area contributed by atoms with Gasteiger partial charge in [-0.2, -0.15) is 0 Å². The van der Waals surface area contributed by atoms with Crippen molar-refractivity contribution in [3.63, 3.8) is 0 Å². The number of hydrogen-bond donors (Lipinski definition) is 1. The summed E-state index contributed by atoms with van der Waals surface area (Å²) in [6.07, 6.45) is 6.50. The Morgan fingerprint density at radius 3 is 2.32 bits per heavy atom. The van der Waals surface area contributed by atoms with Crippen LogP contribution in [0.5, 0.6) is 0 Å². The molecule has 2 heterocycles. The van der Waals surface area contributed by atoms with Gasteiger partial charge < -0.3 is 4.90 Å². The molecule has 0 spiro atoms. The molecular weight excluding hydrogens is 317 g/mol. The fraction of sp³-hybridized carbons (Fsp3) is 1.00. The van der Waals surface area contributed by atoms with Gasteiger partial charge in [0, 0.05) is 11.7 Å². The third kappa shape index (κ3) is 5.52. The average molecular weight is 350 g/mol. The minimum Gasteiger partial charge on any atom is -0.332 e. The molecule has 2 fully saturated rings. The van der Waals surface area contributed by atoms with Crippen LogP contribution in [0.2, 0.25) is 0 Å². The van der Waals surface area contributed by atoms with E-state index in [1.54, 1.807) is 4.90 Å². The van der Waals surface area contributed by atoms with E-state index in [0.717, 1.165) is 11.8 Å². The highest BCUT2D eigenvalue weighted by Crippen LogP contribution is 2.62. The first-order valence-corrected chi connectivity index (χ1v) is 12.0. The van der Waals surface area contributed by atoms with Crippen molar-refractivity contribution in [2.75, 3.05) is 18.8 Å². The van der Waals surface area contributed by atoms with E-state index in [9.17, 15) is 4.57 Å². The zero-order valence-electron chi connectivity index (χ0n) is 14.5. The molecule has 0 aromatic carbocycles. The Bertz CT molecular complexity index is 376. The SMILES string of the molecule is CC(C)OP(=O)(OC(C)C)SC[C@@H]1CCC[NH+]2CCCC[C@H]12. The standard InChI is InChI=1S/C16H32NO3PS/c1-13(2)19-21(18,20-14(3)4)22-12-15-8-7-11-17-10-6-5-9-16(15)17/h13-16H,5-12H2,1-4H3/p+1/t15-,16+/m0/s1. The van der Waals surface area contributed by atoms with E-state index in [4.69, 9.17) is 9.05 Å². The summed E-state index contributed by atoms with van der Waals surface area (Å²) in [4.78, 5) is 1.78. The molecule has 0 bridgehead atoms. The summed E-state index contributed by atoms with van der Waals surface area (Å²) in [5.41, 5.74) is 0. The number of quaternary nitrogens is 1. The third-order valence-corrected chi connectivity index (χ3v) is 8.72. The molecule has 4 nitrogen and oxygen atoms in total. The molecule has 22 heavy (non-hydrogen) atoms. The van der Waals surface area contributed by atoms with Crippen LogP contribution in [0.3, 0.4) is 0 Å². The van der Waals surface area contributed by atoms with Gasteiger partial charge in [-0.3, -0.25) is 9.05 Å². The molecule has 2 aliphatic rings. The molecule has 0 aromatic heterocycles. The van der Waals surface area contributed by atoms with Gasteiger partial charge in [-0.1, -0.05) is 0 Å². The van der Waals surface area contributed by atoms with E-state index >= 15 is 0 Å². The molecular formula is C16H33NO3PS+. The lowest BCUT2D eigenvalue weighted by Gasteiger charge is -2.41. The van der Waals surface area contributed by atoms with Gasteiger partial charge >= 0.3 is 6.80 Å². The Morgan fingerprint density at radius 2 is 1.68 bits per heavy atom. The van der Waals surface area contributed by atoms with Crippen LogP contribution in [-0.4, -0.2) is 37.1 Å². The van der Waals surface area contributed by atoms with Crippen LogP contribution in [0.4, 0.5) is 0 Å². The second-order valence-corrected chi connectivity index (χ2v) is 11.2. The lowest BCUT2D eigenvalue weighted by molar-refractivity contribution is -0.939. The van der Waals surface area contributed by atoms with Gasteiger partial charge in [0.05, 0.1) is 31.3 Å². The molecule has 0 amide bonds. The maximum atomic E-state index is 12.9. The second-order valence-electron chi connectivity index (χ2n) is 7.21. The van der Waals surface area contributed by atoms with Gasteiger partial charge in [0.25, 0.3) is 0 Å². The van der Waals surface area contributed by atoms with Crippen molar-refractivity contribution in [3.8, 4) is 0 Å². The van der Waals surface area contributed by atoms with Crippen molar-refractivity contribution in [1.82, 2.24) is 0 Å². The maximum Gasteiger partial charge on any atom is 0.389 e. The number of piperidine rings is 2. The molecule has 0 saturated carbocycles. The van der Waals surface area contributed by atoms with Gasteiger partial charge in [0.1, 0.15) is 0 Å². The van der Waals surface area contributed by atoms with Crippen LogP contribution in [0.1, 0.15) is 59.8 Å². The van der Waals surface area contributed by atoms with Crippen LogP contribution < -0.4 is 4.90 Å². The average Bonchev–Trinajstić information content (AvgIpc) is 2.43. The minimum absolute atomic E-state index is 0.0692. The van der Waals surface area contributed by atoms with E-state index < -0.39 is 6.80 Å². The van der Waals surface area contributed by atoms with Crippen LogP contribution in [0, 0.1) is 5.92 Å². The quantitative estimate of drug-likeness (QED) is 0.713. The largest absolute Gasteiger partial charge is 0.389 e. The molecule has 3 atom stereocenters. The Hall–Kier alpha value is 0.460. The van der Waals surface area contributed by atoms with Crippen molar-refractivity contribution in [2.24, 2.45) is 5.92 Å². The molecule has 1 N–H and O–H groups in total. The predicted molar refractivity (Wildman–Crippen MR) is 93.6 cm³/mol. The van der Waals surface area contributed by atoms with Gasteiger partial charge in [-0.15, -0.1) is 0 Å². The van der Waals surface area contributed by atoms with Gasteiger partial charge in [-0.05, 0) is 71.2 Å². The van der Waals surface area contributed by atoms with E-state index in [2.05, 4.69) is 0 Å². The first kappa shape index (κ1) is 18.8. The Kier molecular flexibility index (Phi) is 7.28. The zero-order chi connectivity index (χ0) is 16.2. The van der Waals surface area contributed by atoms with Crippen molar-refractivity contribution < 1.29 is 18.5 Å². The number of fused-ring (bicyclic) bond motifs is 1. The lowest BCUT2D eigenvalue weighted by atomic mass is 9.85. The van der Waals surface area contributed by atoms with Gasteiger partial charge in [0.2, 0.25) is 0 Å². The fourth-order valence-electron chi connectivity index (χ4n) is 3.77. The van der Waals surface area contributed by atoms with Crippen LogP contribution in [0.25, 0.3) is 0 Å².